The predicted molar refractivity (Wildman–Crippen MR) is 202 cm³/mol. The van der Waals surface area contributed by atoms with Gasteiger partial charge in [-0.2, -0.15) is 0 Å². The lowest BCUT2D eigenvalue weighted by molar-refractivity contribution is 0.260. The minimum absolute atomic E-state index is 0.236. The number of benzene rings is 8. The highest BCUT2D eigenvalue weighted by Crippen LogP contribution is 2.47. The third-order valence-electron chi connectivity index (χ3n) is 9.66. The molecular weight excluding hydrogens is 601 g/mol. The van der Waals surface area contributed by atoms with Crippen molar-refractivity contribution < 1.29 is 9.15 Å². The van der Waals surface area contributed by atoms with Crippen LogP contribution in [0.2, 0.25) is 0 Å². The molecule has 49 heavy (non-hydrogen) atoms. The quantitative estimate of drug-likeness (QED) is 0.192. The van der Waals surface area contributed by atoms with Gasteiger partial charge in [0.1, 0.15) is 16.9 Å². The van der Waals surface area contributed by atoms with Crippen molar-refractivity contribution in [3.63, 3.8) is 0 Å². The van der Waals surface area contributed by atoms with Crippen molar-refractivity contribution in [1.82, 2.24) is 0 Å². The maximum absolute atomic E-state index is 6.44. The first-order valence-corrected chi connectivity index (χ1v) is 16.6. The van der Waals surface area contributed by atoms with Gasteiger partial charge in [0.05, 0.1) is 5.69 Å². The maximum atomic E-state index is 6.44. The van der Waals surface area contributed by atoms with E-state index in [0.717, 1.165) is 72.5 Å². The molecule has 0 fully saturated rings. The summed E-state index contributed by atoms with van der Waals surface area (Å²) >= 11 is 0. The van der Waals surface area contributed by atoms with Gasteiger partial charge in [-0.05, 0) is 81.9 Å². The number of hydrogen-bond acceptors (Lipinski definition) is 4. The number of furan rings is 1. The molecule has 8 aromatic carbocycles. The molecule has 0 aliphatic carbocycles. The molecule has 1 unspecified atom stereocenters. The topological polar surface area (TPSA) is 37.6 Å². The molecule has 4 heteroatoms. The highest BCUT2D eigenvalue weighted by molar-refractivity contribution is 6.16. The van der Waals surface area contributed by atoms with Crippen molar-refractivity contribution in [3.05, 3.63) is 175 Å². The zero-order chi connectivity index (χ0) is 32.3. The van der Waals surface area contributed by atoms with Gasteiger partial charge in [0.25, 0.3) is 0 Å². The Bertz CT molecular complexity index is 2680. The Labute approximate surface area is 283 Å². The molecule has 0 saturated carbocycles. The van der Waals surface area contributed by atoms with Crippen LogP contribution in [0.3, 0.4) is 0 Å². The summed E-state index contributed by atoms with van der Waals surface area (Å²) in [4.78, 5) is 2.34. The van der Waals surface area contributed by atoms with E-state index in [1.807, 2.05) is 30.3 Å². The zero-order valence-electron chi connectivity index (χ0n) is 26.5. The van der Waals surface area contributed by atoms with E-state index in [0.29, 0.717) is 0 Å². The summed E-state index contributed by atoms with van der Waals surface area (Å²) in [5.74, 6) is 0.868. The van der Waals surface area contributed by atoms with E-state index >= 15 is 0 Å². The molecule has 1 N–H and O–H groups in total. The first-order chi connectivity index (χ1) is 24.3. The van der Waals surface area contributed by atoms with Crippen LogP contribution in [0.25, 0.3) is 54.6 Å². The minimum Gasteiger partial charge on any atom is -0.464 e. The molecule has 232 valence electrons. The Morgan fingerprint density at radius 3 is 2.08 bits per heavy atom. The number of nitrogens with one attached hydrogen (secondary N) is 1. The summed E-state index contributed by atoms with van der Waals surface area (Å²) in [6.07, 6.45) is -0.236. The first kappa shape index (κ1) is 27.6. The number of fused-ring (bicyclic) bond motifs is 8. The SMILES string of the molecule is c1ccc(C2Nc3c(ccc4ccc5ccc(N(c6ccccc6)c6cccc(-c7cccc8oc9ccccc9c78)c6)cc5c34)O2)cc1. The highest BCUT2D eigenvalue weighted by atomic mass is 16.5. The van der Waals surface area contributed by atoms with Gasteiger partial charge in [0.2, 0.25) is 0 Å². The van der Waals surface area contributed by atoms with Crippen molar-refractivity contribution in [2.75, 3.05) is 10.2 Å². The summed E-state index contributed by atoms with van der Waals surface area (Å²) < 4.78 is 12.7. The molecule has 0 amide bonds. The number of ether oxygens (including phenoxy) is 1. The van der Waals surface area contributed by atoms with Gasteiger partial charge >= 0.3 is 0 Å². The third kappa shape index (κ3) is 4.53. The minimum atomic E-state index is -0.236. The molecular formula is C45H30N2O2. The van der Waals surface area contributed by atoms with Crippen LogP contribution < -0.4 is 15.0 Å². The van der Waals surface area contributed by atoms with Crippen molar-refractivity contribution in [3.8, 4) is 16.9 Å². The average Bonchev–Trinajstić information content (AvgIpc) is 3.78. The second-order valence-corrected chi connectivity index (χ2v) is 12.6. The molecule has 1 aliphatic heterocycles. The van der Waals surface area contributed by atoms with E-state index in [2.05, 4.69) is 150 Å². The lowest BCUT2D eigenvalue weighted by Crippen LogP contribution is -2.10. The number of para-hydroxylation sites is 2. The molecule has 1 aromatic heterocycles. The smallest absolute Gasteiger partial charge is 0.196 e. The summed E-state index contributed by atoms with van der Waals surface area (Å²) in [5.41, 5.74) is 9.44. The van der Waals surface area contributed by atoms with Crippen LogP contribution in [0, 0.1) is 0 Å². The van der Waals surface area contributed by atoms with Gasteiger partial charge in [0, 0.05) is 38.8 Å². The summed E-state index contributed by atoms with van der Waals surface area (Å²) in [6.45, 7) is 0. The molecule has 1 atom stereocenters. The second-order valence-electron chi connectivity index (χ2n) is 12.6. The Balaban J connectivity index is 1.14. The van der Waals surface area contributed by atoms with Gasteiger partial charge in [-0.15, -0.1) is 0 Å². The van der Waals surface area contributed by atoms with Crippen LogP contribution in [-0.2, 0) is 0 Å². The number of nitrogens with zero attached hydrogens (tertiary/aromatic N) is 1. The fraction of sp³-hybridized carbons (Fsp3) is 0.0222. The third-order valence-corrected chi connectivity index (χ3v) is 9.66. The Hall–Kier alpha value is -6.52. The molecule has 9 aromatic rings. The lowest BCUT2D eigenvalue weighted by Gasteiger charge is -2.26. The van der Waals surface area contributed by atoms with E-state index in [1.54, 1.807) is 0 Å². The van der Waals surface area contributed by atoms with Crippen molar-refractivity contribution in [1.29, 1.82) is 0 Å². The molecule has 0 radical (unpaired) electrons. The van der Waals surface area contributed by atoms with Crippen LogP contribution in [0.15, 0.2) is 174 Å². The maximum Gasteiger partial charge on any atom is 0.196 e. The van der Waals surface area contributed by atoms with E-state index < -0.39 is 0 Å². The monoisotopic (exact) mass is 630 g/mol. The van der Waals surface area contributed by atoms with Crippen molar-refractivity contribution >= 4 is 66.2 Å². The fourth-order valence-corrected chi connectivity index (χ4v) is 7.41. The average molecular weight is 631 g/mol. The zero-order valence-corrected chi connectivity index (χ0v) is 26.5. The van der Waals surface area contributed by atoms with Gasteiger partial charge in [-0.3, -0.25) is 0 Å². The van der Waals surface area contributed by atoms with Gasteiger partial charge in [-0.25, -0.2) is 0 Å². The Morgan fingerprint density at radius 1 is 0.490 bits per heavy atom. The second kappa shape index (κ2) is 11.0. The van der Waals surface area contributed by atoms with Crippen LogP contribution in [-0.4, -0.2) is 0 Å². The van der Waals surface area contributed by atoms with E-state index in [-0.39, 0.29) is 6.23 Å². The number of anilines is 4. The van der Waals surface area contributed by atoms with Crippen LogP contribution in [0.4, 0.5) is 22.7 Å². The molecule has 0 bridgehead atoms. The van der Waals surface area contributed by atoms with Crippen LogP contribution >= 0.6 is 0 Å². The first-order valence-electron chi connectivity index (χ1n) is 16.6. The van der Waals surface area contributed by atoms with Gasteiger partial charge in [-0.1, -0.05) is 115 Å². The largest absolute Gasteiger partial charge is 0.464 e. The molecule has 1 aliphatic rings. The predicted octanol–water partition coefficient (Wildman–Crippen LogP) is 12.5. The Morgan fingerprint density at radius 2 is 1.18 bits per heavy atom. The van der Waals surface area contributed by atoms with Crippen LogP contribution in [0.5, 0.6) is 5.75 Å². The van der Waals surface area contributed by atoms with Crippen molar-refractivity contribution in [2.45, 2.75) is 6.23 Å². The molecule has 0 spiro atoms. The summed E-state index contributed by atoms with van der Waals surface area (Å²) in [6, 6.07) is 59.8. The summed E-state index contributed by atoms with van der Waals surface area (Å²) in [5, 5.41) is 10.6. The number of hydrogen-bond donors (Lipinski definition) is 1. The van der Waals surface area contributed by atoms with E-state index in [9.17, 15) is 0 Å². The van der Waals surface area contributed by atoms with E-state index in [1.165, 1.54) is 16.2 Å². The van der Waals surface area contributed by atoms with Crippen molar-refractivity contribution in [2.24, 2.45) is 0 Å². The molecule has 10 rings (SSSR count). The Kier molecular flexibility index (Phi) is 6.21. The van der Waals surface area contributed by atoms with E-state index in [4.69, 9.17) is 9.15 Å². The normalized spacial score (nSPS) is 13.8. The van der Waals surface area contributed by atoms with Crippen LogP contribution in [0.1, 0.15) is 11.8 Å². The number of rotatable bonds is 5. The molecule has 2 heterocycles. The highest BCUT2D eigenvalue weighted by Gasteiger charge is 2.26. The standard InChI is InChI=1S/C45H30N2O2/c1-3-11-31(12-4-1)45-46-44-41(49-45)26-24-30-22-21-29-23-25-35(28-38(29)42(30)44)47(33-14-5-2-6-15-33)34-16-9-13-32(27-34)36-18-10-20-40-43(36)37-17-7-8-19-39(37)48-40/h1-28,45-46H. The lowest BCUT2D eigenvalue weighted by atomic mass is 9.98. The van der Waals surface area contributed by atoms with Gasteiger partial charge in [0.15, 0.2) is 6.23 Å². The summed E-state index contributed by atoms with van der Waals surface area (Å²) in [7, 11) is 0. The molecule has 0 saturated heterocycles. The molecule has 4 nitrogen and oxygen atoms in total. The van der Waals surface area contributed by atoms with Gasteiger partial charge < -0.3 is 19.4 Å². The fourth-order valence-electron chi connectivity index (χ4n) is 7.41.